The van der Waals surface area contributed by atoms with Crippen LogP contribution in [0.3, 0.4) is 0 Å². The normalized spacial score (nSPS) is 12.9. The van der Waals surface area contributed by atoms with Gasteiger partial charge in [-0.3, -0.25) is 4.79 Å². The molecule has 0 saturated carbocycles. The summed E-state index contributed by atoms with van der Waals surface area (Å²) in [5, 5.41) is 2.85. The van der Waals surface area contributed by atoms with Gasteiger partial charge < -0.3 is 15.8 Å². The van der Waals surface area contributed by atoms with Crippen molar-refractivity contribution in [1.29, 1.82) is 0 Å². The van der Waals surface area contributed by atoms with Crippen LogP contribution in [0.4, 0.5) is 0 Å². The van der Waals surface area contributed by atoms with E-state index >= 15 is 0 Å². The van der Waals surface area contributed by atoms with Crippen molar-refractivity contribution in [3.8, 4) is 5.75 Å². The largest absolute Gasteiger partial charge is 0.486 e. The van der Waals surface area contributed by atoms with Gasteiger partial charge in [-0.05, 0) is 26.0 Å². The third-order valence-corrected chi connectivity index (χ3v) is 2.63. The van der Waals surface area contributed by atoms with E-state index in [2.05, 4.69) is 5.32 Å². The van der Waals surface area contributed by atoms with Gasteiger partial charge in [0.1, 0.15) is 11.4 Å². The van der Waals surface area contributed by atoms with Crippen LogP contribution in [0.25, 0.3) is 0 Å². The average Bonchev–Trinajstić information content (AvgIpc) is 2.35. The van der Waals surface area contributed by atoms with Gasteiger partial charge in [-0.1, -0.05) is 25.1 Å². The van der Waals surface area contributed by atoms with Gasteiger partial charge in [-0.25, -0.2) is 0 Å². The molecule has 1 aromatic carbocycles. The van der Waals surface area contributed by atoms with E-state index in [9.17, 15) is 4.79 Å². The second-order valence-corrected chi connectivity index (χ2v) is 5.03. The van der Waals surface area contributed by atoms with Crippen molar-refractivity contribution >= 4 is 5.91 Å². The molecule has 0 bridgehead atoms. The Kier molecular flexibility index (Phi) is 5.16. The molecule has 0 saturated heterocycles. The van der Waals surface area contributed by atoms with Crippen LogP contribution in [0.1, 0.15) is 20.8 Å². The molecule has 0 radical (unpaired) electrons. The van der Waals surface area contributed by atoms with Crippen molar-refractivity contribution in [1.82, 2.24) is 5.32 Å². The van der Waals surface area contributed by atoms with Crippen molar-refractivity contribution in [3.05, 3.63) is 30.3 Å². The van der Waals surface area contributed by atoms with E-state index in [4.69, 9.17) is 10.5 Å². The molecule has 100 valence electrons. The number of amides is 1. The third kappa shape index (κ3) is 4.75. The molecule has 18 heavy (non-hydrogen) atoms. The van der Waals surface area contributed by atoms with Gasteiger partial charge in [-0.2, -0.15) is 0 Å². The maximum atomic E-state index is 11.6. The third-order valence-electron chi connectivity index (χ3n) is 2.63. The van der Waals surface area contributed by atoms with Crippen LogP contribution < -0.4 is 15.8 Å². The van der Waals surface area contributed by atoms with Crippen LogP contribution in [0.2, 0.25) is 0 Å². The maximum Gasteiger partial charge on any atom is 0.224 e. The summed E-state index contributed by atoms with van der Waals surface area (Å²) in [6.07, 6.45) is 0. The number of nitrogens with two attached hydrogens (primary N) is 1. The van der Waals surface area contributed by atoms with E-state index in [0.717, 1.165) is 5.75 Å². The fourth-order valence-corrected chi connectivity index (χ4v) is 1.42. The lowest BCUT2D eigenvalue weighted by molar-refractivity contribution is -0.125. The fraction of sp³-hybridized carbons (Fsp3) is 0.500. The quantitative estimate of drug-likeness (QED) is 0.805. The van der Waals surface area contributed by atoms with Crippen LogP contribution >= 0.6 is 0 Å². The first-order valence-electron chi connectivity index (χ1n) is 6.16. The van der Waals surface area contributed by atoms with Crippen molar-refractivity contribution in [3.63, 3.8) is 0 Å². The minimum absolute atomic E-state index is 0.0396. The van der Waals surface area contributed by atoms with Crippen molar-refractivity contribution in [2.24, 2.45) is 11.7 Å². The molecule has 4 heteroatoms. The molecule has 0 heterocycles. The SMILES string of the molecule is CC(CN)C(=O)NCC(C)(C)Oc1ccccc1. The first kappa shape index (κ1) is 14.5. The van der Waals surface area contributed by atoms with Crippen LogP contribution in [0, 0.1) is 5.92 Å². The molecule has 0 aliphatic carbocycles. The predicted octanol–water partition coefficient (Wildman–Crippen LogP) is 1.55. The monoisotopic (exact) mass is 250 g/mol. The topological polar surface area (TPSA) is 64.4 Å². The molecule has 1 atom stereocenters. The molecule has 4 nitrogen and oxygen atoms in total. The summed E-state index contributed by atoms with van der Waals surface area (Å²) in [5.41, 5.74) is 4.99. The Morgan fingerprint density at radius 1 is 1.39 bits per heavy atom. The van der Waals surface area contributed by atoms with E-state index in [0.29, 0.717) is 13.1 Å². The second kappa shape index (κ2) is 6.40. The summed E-state index contributed by atoms with van der Waals surface area (Å²) in [4.78, 5) is 11.6. The fourth-order valence-electron chi connectivity index (χ4n) is 1.42. The van der Waals surface area contributed by atoms with Crippen LogP contribution in [0.15, 0.2) is 30.3 Å². The first-order valence-corrected chi connectivity index (χ1v) is 6.16. The molecular formula is C14H22N2O2. The molecule has 1 rings (SSSR count). The van der Waals surface area contributed by atoms with Crippen molar-refractivity contribution in [2.75, 3.05) is 13.1 Å². The molecule has 0 spiro atoms. The Bertz CT molecular complexity index is 377. The Balaban J connectivity index is 2.47. The Morgan fingerprint density at radius 2 is 2.00 bits per heavy atom. The number of para-hydroxylation sites is 1. The molecule has 0 aromatic heterocycles. The Labute approximate surface area is 109 Å². The summed E-state index contributed by atoms with van der Waals surface area (Å²) in [7, 11) is 0. The molecule has 3 N–H and O–H groups in total. The van der Waals surface area contributed by atoms with Gasteiger partial charge in [0.05, 0.1) is 6.54 Å². The summed E-state index contributed by atoms with van der Waals surface area (Å²) in [6.45, 7) is 6.48. The number of hydrogen-bond donors (Lipinski definition) is 2. The van der Waals surface area contributed by atoms with Crippen molar-refractivity contribution in [2.45, 2.75) is 26.4 Å². The van der Waals surface area contributed by atoms with Gasteiger partial charge >= 0.3 is 0 Å². The van der Waals surface area contributed by atoms with Gasteiger partial charge in [0, 0.05) is 12.5 Å². The van der Waals surface area contributed by atoms with E-state index < -0.39 is 5.60 Å². The van der Waals surface area contributed by atoms with Gasteiger partial charge in [-0.15, -0.1) is 0 Å². The highest BCUT2D eigenvalue weighted by Crippen LogP contribution is 2.16. The van der Waals surface area contributed by atoms with Crippen molar-refractivity contribution < 1.29 is 9.53 Å². The van der Waals surface area contributed by atoms with E-state index in [-0.39, 0.29) is 11.8 Å². The van der Waals surface area contributed by atoms with Gasteiger partial charge in [0.15, 0.2) is 0 Å². The zero-order chi connectivity index (χ0) is 13.6. The highest BCUT2D eigenvalue weighted by atomic mass is 16.5. The lowest BCUT2D eigenvalue weighted by Crippen LogP contribution is -2.45. The second-order valence-electron chi connectivity index (χ2n) is 5.03. The minimum Gasteiger partial charge on any atom is -0.486 e. The summed E-state index contributed by atoms with van der Waals surface area (Å²) < 4.78 is 5.82. The lowest BCUT2D eigenvalue weighted by Gasteiger charge is -2.27. The molecule has 1 amide bonds. The number of carbonyl (C=O) groups is 1. The number of nitrogens with one attached hydrogen (secondary N) is 1. The number of rotatable bonds is 6. The predicted molar refractivity (Wildman–Crippen MR) is 72.4 cm³/mol. The van der Waals surface area contributed by atoms with E-state index in [1.165, 1.54) is 0 Å². The zero-order valence-corrected chi connectivity index (χ0v) is 11.3. The van der Waals surface area contributed by atoms with Gasteiger partial charge in [0.25, 0.3) is 0 Å². The summed E-state index contributed by atoms with van der Waals surface area (Å²) >= 11 is 0. The van der Waals surface area contributed by atoms with Crippen LogP contribution in [-0.4, -0.2) is 24.6 Å². The summed E-state index contributed by atoms with van der Waals surface area (Å²) in [5.74, 6) is 0.586. The first-order chi connectivity index (χ1) is 8.44. The lowest BCUT2D eigenvalue weighted by atomic mass is 10.1. The molecule has 0 fully saturated rings. The minimum atomic E-state index is -0.453. The zero-order valence-electron chi connectivity index (χ0n) is 11.3. The maximum absolute atomic E-state index is 11.6. The number of benzene rings is 1. The number of carbonyl (C=O) groups excluding carboxylic acids is 1. The Hall–Kier alpha value is -1.55. The molecule has 1 aromatic rings. The van der Waals surface area contributed by atoms with E-state index in [1.807, 2.05) is 44.2 Å². The van der Waals surface area contributed by atoms with Crippen LogP contribution in [-0.2, 0) is 4.79 Å². The van der Waals surface area contributed by atoms with Gasteiger partial charge in [0.2, 0.25) is 5.91 Å². The number of ether oxygens (including phenoxy) is 1. The van der Waals surface area contributed by atoms with E-state index in [1.54, 1.807) is 6.92 Å². The highest BCUT2D eigenvalue weighted by Gasteiger charge is 2.22. The summed E-state index contributed by atoms with van der Waals surface area (Å²) in [6, 6.07) is 9.56. The Morgan fingerprint density at radius 3 is 2.56 bits per heavy atom. The molecule has 0 aliphatic rings. The standard InChI is InChI=1S/C14H22N2O2/c1-11(9-15)13(17)16-10-14(2,3)18-12-7-5-4-6-8-12/h4-8,11H,9-10,15H2,1-3H3,(H,16,17). The number of hydrogen-bond acceptors (Lipinski definition) is 3. The molecule has 1 unspecified atom stereocenters. The van der Waals surface area contributed by atoms with Crippen LogP contribution in [0.5, 0.6) is 5.75 Å². The molecular weight excluding hydrogens is 228 g/mol. The average molecular weight is 250 g/mol. The molecule has 0 aliphatic heterocycles. The highest BCUT2D eigenvalue weighted by molar-refractivity contribution is 5.78. The smallest absolute Gasteiger partial charge is 0.224 e.